The van der Waals surface area contributed by atoms with Gasteiger partial charge in [-0.3, -0.25) is 4.79 Å². The number of nitrogens with one attached hydrogen (secondary N) is 1. The molecular weight excluding hydrogens is 288 g/mol. The van der Waals surface area contributed by atoms with Gasteiger partial charge in [-0.05, 0) is 43.0 Å². The Balaban J connectivity index is 1.71. The Morgan fingerprint density at radius 2 is 2.14 bits per heavy atom. The van der Waals surface area contributed by atoms with Crippen LogP contribution >= 0.6 is 11.6 Å². The van der Waals surface area contributed by atoms with Crippen molar-refractivity contribution in [3.63, 3.8) is 0 Å². The summed E-state index contributed by atoms with van der Waals surface area (Å²) in [4.78, 5) is 12.2. The van der Waals surface area contributed by atoms with Crippen LogP contribution in [0.5, 0.6) is 0 Å². The Morgan fingerprint density at radius 1 is 1.43 bits per heavy atom. The third kappa shape index (κ3) is 3.25. The van der Waals surface area contributed by atoms with E-state index in [1.165, 1.54) is 0 Å². The predicted molar refractivity (Wildman–Crippen MR) is 81.6 cm³/mol. The zero-order valence-corrected chi connectivity index (χ0v) is 12.3. The van der Waals surface area contributed by atoms with Crippen LogP contribution in [0.3, 0.4) is 0 Å². The molecule has 1 aliphatic carbocycles. The number of benzene rings is 1. The maximum absolute atomic E-state index is 12.2. The molecule has 1 heterocycles. The van der Waals surface area contributed by atoms with Crippen molar-refractivity contribution in [2.24, 2.45) is 11.7 Å². The lowest BCUT2D eigenvalue weighted by molar-refractivity contribution is 0.0933. The molecule has 21 heavy (non-hydrogen) atoms. The number of hydrogen-bond donors (Lipinski definition) is 2. The SMILES string of the molecule is NCC(NC(=O)c1cnn(-c2ccc(Cl)cc2)c1)C1CC1. The first-order chi connectivity index (χ1) is 10.2. The summed E-state index contributed by atoms with van der Waals surface area (Å²) in [6.07, 6.45) is 5.56. The van der Waals surface area contributed by atoms with Gasteiger partial charge in [0, 0.05) is 23.8 Å². The minimum Gasteiger partial charge on any atom is -0.348 e. The van der Waals surface area contributed by atoms with Crippen LogP contribution in [0.2, 0.25) is 5.02 Å². The van der Waals surface area contributed by atoms with E-state index in [2.05, 4.69) is 10.4 Å². The highest BCUT2D eigenvalue weighted by Crippen LogP contribution is 2.32. The van der Waals surface area contributed by atoms with Crippen molar-refractivity contribution in [2.75, 3.05) is 6.54 Å². The molecule has 5 nitrogen and oxygen atoms in total. The lowest BCUT2D eigenvalue weighted by Gasteiger charge is -2.14. The first kappa shape index (κ1) is 14.1. The van der Waals surface area contributed by atoms with Gasteiger partial charge in [-0.2, -0.15) is 5.10 Å². The van der Waals surface area contributed by atoms with E-state index in [0.717, 1.165) is 18.5 Å². The van der Waals surface area contributed by atoms with Gasteiger partial charge in [0.15, 0.2) is 0 Å². The van der Waals surface area contributed by atoms with E-state index in [4.69, 9.17) is 17.3 Å². The van der Waals surface area contributed by atoms with Gasteiger partial charge >= 0.3 is 0 Å². The van der Waals surface area contributed by atoms with E-state index >= 15 is 0 Å². The molecule has 1 saturated carbocycles. The second-order valence-electron chi connectivity index (χ2n) is 5.30. The fourth-order valence-electron chi connectivity index (χ4n) is 2.29. The predicted octanol–water partition coefficient (Wildman–Crippen LogP) is 1.99. The molecular formula is C15H17ClN4O. The number of carbonyl (C=O) groups is 1. The summed E-state index contributed by atoms with van der Waals surface area (Å²) in [5.41, 5.74) is 7.09. The van der Waals surface area contributed by atoms with Gasteiger partial charge in [-0.25, -0.2) is 4.68 Å². The Labute approximate surface area is 128 Å². The lowest BCUT2D eigenvalue weighted by atomic mass is 10.2. The number of hydrogen-bond acceptors (Lipinski definition) is 3. The Kier molecular flexibility index (Phi) is 3.94. The Hall–Kier alpha value is -1.85. The van der Waals surface area contributed by atoms with Crippen LogP contribution < -0.4 is 11.1 Å². The van der Waals surface area contributed by atoms with Gasteiger partial charge in [0.2, 0.25) is 0 Å². The Morgan fingerprint density at radius 3 is 2.76 bits per heavy atom. The molecule has 1 aromatic carbocycles. The lowest BCUT2D eigenvalue weighted by Crippen LogP contribution is -2.41. The van der Waals surface area contributed by atoms with Crippen molar-refractivity contribution in [1.29, 1.82) is 0 Å². The van der Waals surface area contributed by atoms with E-state index < -0.39 is 0 Å². The number of nitrogens with two attached hydrogens (primary N) is 1. The summed E-state index contributed by atoms with van der Waals surface area (Å²) < 4.78 is 1.65. The third-order valence-electron chi connectivity index (χ3n) is 3.70. The van der Waals surface area contributed by atoms with Gasteiger partial charge in [0.05, 0.1) is 17.4 Å². The maximum Gasteiger partial charge on any atom is 0.254 e. The van der Waals surface area contributed by atoms with Crippen molar-refractivity contribution in [2.45, 2.75) is 18.9 Å². The molecule has 0 radical (unpaired) electrons. The monoisotopic (exact) mass is 304 g/mol. The highest BCUT2D eigenvalue weighted by molar-refractivity contribution is 6.30. The van der Waals surface area contributed by atoms with Gasteiger partial charge in [0.1, 0.15) is 0 Å². The fraction of sp³-hybridized carbons (Fsp3) is 0.333. The summed E-state index contributed by atoms with van der Waals surface area (Å²) in [6, 6.07) is 7.34. The average Bonchev–Trinajstić information content (AvgIpc) is 3.21. The van der Waals surface area contributed by atoms with Gasteiger partial charge < -0.3 is 11.1 Å². The van der Waals surface area contributed by atoms with Crippen molar-refractivity contribution >= 4 is 17.5 Å². The first-order valence-electron chi connectivity index (χ1n) is 6.99. The molecule has 3 rings (SSSR count). The largest absolute Gasteiger partial charge is 0.348 e. The van der Waals surface area contributed by atoms with Crippen LogP contribution in [-0.4, -0.2) is 28.3 Å². The minimum atomic E-state index is -0.127. The van der Waals surface area contributed by atoms with Crippen LogP contribution in [0.25, 0.3) is 5.69 Å². The van der Waals surface area contributed by atoms with E-state index in [9.17, 15) is 4.79 Å². The van der Waals surface area contributed by atoms with Gasteiger partial charge in [-0.15, -0.1) is 0 Å². The number of carbonyl (C=O) groups excluding carboxylic acids is 1. The molecule has 1 aliphatic rings. The number of rotatable bonds is 5. The summed E-state index contributed by atoms with van der Waals surface area (Å²) in [7, 11) is 0. The Bertz CT molecular complexity index is 633. The van der Waals surface area contributed by atoms with Crippen LogP contribution in [0.1, 0.15) is 23.2 Å². The summed E-state index contributed by atoms with van der Waals surface area (Å²) in [6.45, 7) is 0.474. The van der Waals surface area contributed by atoms with Crippen LogP contribution in [0.4, 0.5) is 0 Å². The molecule has 1 atom stereocenters. The van der Waals surface area contributed by atoms with Gasteiger partial charge in [0.25, 0.3) is 5.91 Å². The highest BCUT2D eigenvalue weighted by atomic mass is 35.5. The molecule has 1 fully saturated rings. The number of amides is 1. The molecule has 2 aromatic rings. The molecule has 0 bridgehead atoms. The van der Waals surface area contributed by atoms with Crippen LogP contribution in [0, 0.1) is 5.92 Å². The molecule has 0 aliphatic heterocycles. The minimum absolute atomic E-state index is 0.0661. The molecule has 0 spiro atoms. The fourth-order valence-corrected chi connectivity index (χ4v) is 2.42. The second kappa shape index (κ2) is 5.87. The van der Waals surface area contributed by atoms with E-state index in [-0.39, 0.29) is 11.9 Å². The van der Waals surface area contributed by atoms with Crippen molar-refractivity contribution < 1.29 is 4.79 Å². The highest BCUT2D eigenvalue weighted by Gasteiger charge is 2.31. The molecule has 1 unspecified atom stereocenters. The number of nitrogens with zero attached hydrogens (tertiary/aromatic N) is 2. The van der Waals surface area contributed by atoms with E-state index in [1.807, 2.05) is 12.1 Å². The quantitative estimate of drug-likeness (QED) is 0.887. The zero-order valence-electron chi connectivity index (χ0n) is 11.5. The van der Waals surface area contributed by atoms with Crippen LogP contribution in [0.15, 0.2) is 36.7 Å². The molecule has 3 N–H and O–H groups in total. The normalized spacial score (nSPS) is 15.7. The van der Waals surface area contributed by atoms with Gasteiger partial charge in [-0.1, -0.05) is 11.6 Å². The number of halogens is 1. The summed E-state index contributed by atoms with van der Waals surface area (Å²) >= 11 is 5.86. The molecule has 6 heteroatoms. The molecule has 0 saturated heterocycles. The summed E-state index contributed by atoms with van der Waals surface area (Å²) in [5.74, 6) is 0.405. The zero-order chi connectivity index (χ0) is 14.8. The third-order valence-corrected chi connectivity index (χ3v) is 3.95. The smallest absolute Gasteiger partial charge is 0.254 e. The molecule has 110 valence electrons. The van der Waals surface area contributed by atoms with Crippen molar-refractivity contribution in [3.8, 4) is 5.69 Å². The standard InChI is InChI=1S/C15H17ClN4O/c16-12-3-5-13(6-4-12)20-9-11(8-18-20)15(21)19-14(7-17)10-1-2-10/h3-6,8-10,14H,1-2,7,17H2,(H,19,21). The van der Waals surface area contributed by atoms with E-state index in [0.29, 0.717) is 23.0 Å². The topological polar surface area (TPSA) is 72.9 Å². The first-order valence-corrected chi connectivity index (χ1v) is 7.36. The maximum atomic E-state index is 12.2. The number of aromatic nitrogens is 2. The van der Waals surface area contributed by atoms with Crippen molar-refractivity contribution in [3.05, 3.63) is 47.2 Å². The second-order valence-corrected chi connectivity index (χ2v) is 5.74. The molecule has 1 aromatic heterocycles. The van der Waals surface area contributed by atoms with Crippen molar-refractivity contribution in [1.82, 2.24) is 15.1 Å². The summed E-state index contributed by atoms with van der Waals surface area (Å²) in [5, 5.41) is 7.86. The van der Waals surface area contributed by atoms with Crippen LogP contribution in [-0.2, 0) is 0 Å². The van der Waals surface area contributed by atoms with E-state index in [1.54, 1.807) is 29.2 Å². The average molecular weight is 305 g/mol. The molecule has 1 amide bonds.